The van der Waals surface area contributed by atoms with Crippen molar-refractivity contribution in [1.82, 2.24) is 9.97 Å². The third kappa shape index (κ3) is 2.80. The van der Waals surface area contributed by atoms with Gasteiger partial charge < -0.3 is 10.5 Å². The van der Waals surface area contributed by atoms with Crippen LogP contribution in [-0.4, -0.2) is 9.97 Å². The maximum Gasteiger partial charge on any atom is 0.169 e. The number of ether oxygens (including phenoxy) is 1. The zero-order valence-corrected chi connectivity index (χ0v) is 12.5. The summed E-state index contributed by atoms with van der Waals surface area (Å²) in [6.07, 6.45) is 0. The van der Waals surface area contributed by atoms with E-state index in [1.807, 2.05) is 11.4 Å². The SMILES string of the molecule is Nc1nc(COc2cc(Cl)cc(Cl)c2)nc2sccc12. The van der Waals surface area contributed by atoms with Crippen LogP contribution >= 0.6 is 34.5 Å². The minimum atomic E-state index is 0.203. The van der Waals surface area contributed by atoms with Gasteiger partial charge in [-0.25, -0.2) is 9.97 Å². The third-order valence-electron chi connectivity index (χ3n) is 2.60. The third-order valence-corrected chi connectivity index (χ3v) is 3.85. The maximum absolute atomic E-state index is 5.91. The van der Waals surface area contributed by atoms with Crippen LogP contribution in [0.2, 0.25) is 10.0 Å². The summed E-state index contributed by atoms with van der Waals surface area (Å²) in [5.41, 5.74) is 5.88. The zero-order chi connectivity index (χ0) is 14.1. The lowest BCUT2D eigenvalue weighted by molar-refractivity contribution is 0.296. The highest BCUT2D eigenvalue weighted by molar-refractivity contribution is 7.16. The smallest absolute Gasteiger partial charge is 0.169 e. The van der Waals surface area contributed by atoms with Crippen LogP contribution in [0.4, 0.5) is 5.82 Å². The molecule has 0 bridgehead atoms. The Bertz CT molecular complexity index is 755. The van der Waals surface area contributed by atoms with E-state index < -0.39 is 0 Å². The van der Waals surface area contributed by atoms with Crippen LogP contribution in [0.3, 0.4) is 0 Å². The van der Waals surface area contributed by atoms with E-state index in [1.54, 1.807) is 18.2 Å². The van der Waals surface area contributed by atoms with Crippen LogP contribution in [0, 0.1) is 0 Å². The lowest BCUT2D eigenvalue weighted by Gasteiger charge is -2.07. The summed E-state index contributed by atoms with van der Waals surface area (Å²) < 4.78 is 5.59. The molecular formula is C13H9Cl2N3OS. The predicted octanol–water partition coefficient (Wildman–Crippen LogP) is 4.16. The first-order chi connectivity index (χ1) is 9.61. The number of aromatic nitrogens is 2. The van der Waals surface area contributed by atoms with E-state index in [2.05, 4.69) is 9.97 Å². The van der Waals surface area contributed by atoms with Gasteiger partial charge in [-0.2, -0.15) is 0 Å². The highest BCUT2D eigenvalue weighted by Gasteiger charge is 2.07. The van der Waals surface area contributed by atoms with Crippen LogP contribution in [0.25, 0.3) is 10.2 Å². The molecule has 7 heteroatoms. The molecule has 0 spiro atoms. The van der Waals surface area contributed by atoms with E-state index in [4.69, 9.17) is 33.7 Å². The first-order valence-electron chi connectivity index (χ1n) is 5.70. The van der Waals surface area contributed by atoms with E-state index in [9.17, 15) is 0 Å². The molecular weight excluding hydrogens is 317 g/mol. The Balaban J connectivity index is 1.82. The normalized spacial score (nSPS) is 10.9. The molecule has 0 fully saturated rings. The number of benzene rings is 1. The number of nitrogens with two attached hydrogens (primary N) is 1. The number of halogens is 2. The van der Waals surface area contributed by atoms with Crippen molar-refractivity contribution < 1.29 is 4.74 Å². The van der Waals surface area contributed by atoms with Crippen molar-refractivity contribution in [2.45, 2.75) is 6.61 Å². The average Bonchev–Trinajstić information content (AvgIpc) is 2.84. The van der Waals surface area contributed by atoms with E-state index >= 15 is 0 Å². The number of nitrogen functional groups attached to an aromatic ring is 1. The summed E-state index contributed by atoms with van der Waals surface area (Å²) >= 11 is 13.3. The minimum Gasteiger partial charge on any atom is -0.486 e. The van der Waals surface area contributed by atoms with Crippen molar-refractivity contribution in [3.05, 3.63) is 45.5 Å². The number of nitrogens with zero attached hydrogens (tertiary/aromatic N) is 2. The molecule has 102 valence electrons. The van der Waals surface area contributed by atoms with Gasteiger partial charge in [0.2, 0.25) is 0 Å². The van der Waals surface area contributed by atoms with Gasteiger partial charge in [-0.15, -0.1) is 11.3 Å². The molecule has 0 unspecified atom stereocenters. The Hall–Kier alpha value is -1.56. The summed E-state index contributed by atoms with van der Waals surface area (Å²) in [6.45, 7) is 0.203. The molecule has 3 aromatic rings. The van der Waals surface area contributed by atoms with Crippen LogP contribution in [0.5, 0.6) is 5.75 Å². The second kappa shape index (κ2) is 5.44. The van der Waals surface area contributed by atoms with Crippen molar-refractivity contribution in [1.29, 1.82) is 0 Å². The van der Waals surface area contributed by atoms with Crippen molar-refractivity contribution in [3.63, 3.8) is 0 Å². The molecule has 0 atom stereocenters. The second-order valence-electron chi connectivity index (χ2n) is 4.06. The Labute approximate surface area is 129 Å². The first kappa shape index (κ1) is 13.4. The number of rotatable bonds is 3. The van der Waals surface area contributed by atoms with Gasteiger partial charge in [0.1, 0.15) is 23.0 Å². The van der Waals surface area contributed by atoms with Crippen molar-refractivity contribution >= 4 is 50.6 Å². The Kier molecular flexibility index (Phi) is 3.65. The molecule has 2 aromatic heterocycles. The zero-order valence-electron chi connectivity index (χ0n) is 10.1. The highest BCUT2D eigenvalue weighted by atomic mass is 35.5. The lowest BCUT2D eigenvalue weighted by Crippen LogP contribution is -2.04. The molecule has 0 saturated heterocycles. The standard InChI is InChI=1S/C13H9Cl2N3OS/c14-7-3-8(15)5-9(4-7)19-6-11-17-12(16)10-1-2-20-13(10)18-11/h1-5H,6H2,(H2,16,17,18). The van der Waals surface area contributed by atoms with Gasteiger partial charge in [0.25, 0.3) is 0 Å². The Morgan fingerprint density at radius 3 is 2.65 bits per heavy atom. The van der Waals surface area contributed by atoms with E-state index in [1.165, 1.54) is 11.3 Å². The number of fused-ring (bicyclic) bond motifs is 1. The molecule has 0 amide bonds. The summed E-state index contributed by atoms with van der Waals surface area (Å²) in [5.74, 6) is 1.54. The van der Waals surface area contributed by atoms with Crippen LogP contribution < -0.4 is 10.5 Å². The maximum atomic E-state index is 5.91. The molecule has 20 heavy (non-hydrogen) atoms. The first-order valence-corrected chi connectivity index (χ1v) is 7.34. The van der Waals surface area contributed by atoms with Crippen molar-refractivity contribution in [2.24, 2.45) is 0 Å². The largest absolute Gasteiger partial charge is 0.486 e. The van der Waals surface area contributed by atoms with Gasteiger partial charge in [-0.1, -0.05) is 23.2 Å². The average molecular weight is 326 g/mol. The Morgan fingerprint density at radius 2 is 1.90 bits per heavy atom. The molecule has 0 saturated carbocycles. The number of anilines is 1. The number of hydrogen-bond acceptors (Lipinski definition) is 5. The summed E-state index contributed by atoms with van der Waals surface area (Å²) in [5, 5.41) is 3.82. The van der Waals surface area contributed by atoms with E-state index in [0.717, 1.165) is 10.2 Å². The fourth-order valence-electron chi connectivity index (χ4n) is 1.75. The van der Waals surface area contributed by atoms with Crippen molar-refractivity contribution in [3.8, 4) is 5.75 Å². The molecule has 0 aliphatic rings. The minimum absolute atomic E-state index is 0.203. The van der Waals surface area contributed by atoms with Crippen LogP contribution in [-0.2, 0) is 6.61 Å². The fraction of sp³-hybridized carbons (Fsp3) is 0.0769. The van der Waals surface area contributed by atoms with Gasteiger partial charge in [0.15, 0.2) is 5.82 Å². The quantitative estimate of drug-likeness (QED) is 0.785. The molecule has 0 radical (unpaired) electrons. The lowest BCUT2D eigenvalue weighted by atomic mass is 10.3. The molecule has 2 N–H and O–H groups in total. The van der Waals surface area contributed by atoms with E-state index in [0.29, 0.717) is 27.4 Å². The Morgan fingerprint density at radius 1 is 1.15 bits per heavy atom. The summed E-state index contributed by atoms with van der Waals surface area (Å²) in [4.78, 5) is 9.46. The van der Waals surface area contributed by atoms with Gasteiger partial charge in [-0.05, 0) is 29.6 Å². The number of hydrogen-bond donors (Lipinski definition) is 1. The van der Waals surface area contributed by atoms with Gasteiger partial charge in [0, 0.05) is 10.0 Å². The topological polar surface area (TPSA) is 61.0 Å². The van der Waals surface area contributed by atoms with Gasteiger partial charge in [0.05, 0.1) is 5.39 Å². The second-order valence-corrected chi connectivity index (χ2v) is 5.83. The summed E-state index contributed by atoms with van der Waals surface area (Å²) in [7, 11) is 0. The molecule has 0 aliphatic heterocycles. The molecule has 4 nitrogen and oxygen atoms in total. The van der Waals surface area contributed by atoms with Crippen molar-refractivity contribution in [2.75, 3.05) is 5.73 Å². The van der Waals surface area contributed by atoms with E-state index in [-0.39, 0.29) is 6.61 Å². The molecule has 2 heterocycles. The number of thiophene rings is 1. The molecule has 3 rings (SSSR count). The highest BCUT2D eigenvalue weighted by Crippen LogP contribution is 2.26. The fourth-order valence-corrected chi connectivity index (χ4v) is 3.05. The molecule has 1 aromatic carbocycles. The van der Waals surface area contributed by atoms with Crippen LogP contribution in [0.1, 0.15) is 5.82 Å². The van der Waals surface area contributed by atoms with Gasteiger partial charge >= 0.3 is 0 Å². The van der Waals surface area contributed by atoms with Gasteiger partial charge in [-0.3, -0.25) is 0 Å². The predicted molar refractivity (Wildman–Crippen MR) is 82.6 cm³/mol. The molecule has 0 aliphatic carbocycles. The van der Waals surface area contributed by atoms with Crippen LogP contribution in [0.15, 0.2) is 29.6 Å². The monoisotopic (exact) mass is 325 g/mol. The summed E-state index contributed by atoms with van der Waals surface area (Å²) in [6, 6.07) is 6.90.